The highest BCUT2D eigenvalue weighted by Gasteiger charge is 2.28. The van der Waals surface area contributed by atoms with Gasteiger partial charge >= 0.3 is 0 Å². The molecule has 1 N–H and O–H groups in total. The van der Waals surface area contributed by atoms with Gasteiger partial charge in [-0.3, -0.25) is 4.79 Å². The molecule has 1 aliphatic rings. The number of nitrogens with one attached hydrogen (secondary N) is 1. The zero-order valence-corrected chi connectivity index (χ0v) is 12.4. The average molecular weight is 297 g/mol. The number of carbonyl (C=O) groups excluding carboxylic acids is 1. The van der Waals surface area contributed by atoms with Crippen LogP contribution in [0.5, 0.6) is 0 Å². The molecule has 3 rings (SSSR count). The van der Waals surface area contributed by atoms with E-state index in [9.17, 15) is 4.79 Å². The van der Waals surface area contributed by atoms with Gasteiger partial charge < -0.3 is 5.32 Å². The molecular formula is C16H15N3OS. The lowest BCUT2D eigenvalue weighted by Gasteiger charge is -2.00. The van der Waals surface area contributed by atoms with E-state index in [0.717, 1.165) is 17.4 Å². The molecule has 1 amide bonds. The van der Waals surface area contributed by atoms with Crippen molar-refractivity contribution in [1.29, 1.82) is 0 Å². The van der Waals surface area contributed by atoms with Crippen LogP contribution in [0, 0.1) is 0 Å². The van der Waals surface area contributed by atoms with Gasteiger partial charge in [0.15, 0.2) is 5.17 Å². The molecule has 1 atom stereocenters. The van der Waals surface area contributed by atoms with Gasteiger partial charge in [0.05, 0.1) is 11.5 Å². The smallest absolute Gasteiger partial charge is 0.239 e. The summed E-state index contributed by atoms with van der Waals surface area (Å²) in [5.74, 6) is 0.0154. The van der Waals surface area contributed by atoms with Crippen LogP contribution in [0.3, 0.4) is 0 Å². The van der Waals surface area contributed by atoms with Crippen LogP contribution in [-0.2, 0) is 4.79 Å². The second-order valence-corrected chi connectivity index (χ2v) is 5.91. The Morgan fingerprint density at radius 2 is 2.05 bits per heavy atom. The predicted molar refractivity (Wildman–Crippen MR) is 88.8 cm³/mol. The number of amidine groups is 1. The quantitative estimate of drug-likeness (QED) is 0.699. The first-order valence-electron chi connectivity index (χ1n) is 6.84. The number of hydrogen-bond donors (Lipinski definition) is 1. The monoisotopic (exact) mass is 297 g/mol. The Labute approximate surface area is 127 Å². The van der Waals surface area contributed by atoms with E-state index in [1.54, 1.807) is 6.21 Å². The Bertz CT molecular complexity index is 734. The summed E-state index contributed by atoms with van der Waals surface area (Å²) in [6.45, 7) is 1.99. The van der Waals surface area contributed by atoms with Crippen LogP contribution >= 0.6 is 11.8 Å². The predicted octanol–water partition coefficient (Wildman–Crippen LogP) is 3.17. The fraction of sp³-hybridized carbons (Fsp3) is 0.188. The second kappa shape index (κ2) is 6.10. The molecule has 5 heteroatoms. The summed E-state index contributed by atoms with van der Waals surface area (Å²) in [7, 11) is 0. The number of carbonyl (C=O) groups is 1. The Morgan fingerprint density at radius 1 is 1.24 bits per heavy atom. The number of benzene rings is 2. The van der Waals surface area contributed by atoms with Gasteiger partial charge in [0.1, 0.15) is 0 Å². The third-order valence-electron chi connectivity index (χ3n) is 3.32. The number of hydrogen-bond acceptors (Lipinski definition) is 4. The molecule has 1 saturated heterocycles. The molecule has 21 heavy (non-hydrogen) atoms. The third-order valence-corrected chi connectivity index (χ3v) is 4.55. The van der Waals surface area contributed by atoms with Crippen LogP contribution < -0.4 is 5.32 Å². The Kier molecular flexibility index (Phi) is 4.01. The summed E-state index contributed by atoms with van der Waals surface area (Å²) in [6, 6.07) is 14.2. The van der Waals surface area contributed by atoms with Crippen LogP contribution in [-0.4, -0.2) is 22.5 Å². The lowest BCUT2D eigenvalue weighted by molar-refractivity contribution is -0.118. The fourth-order valence-corrected chi connectivity index (χ4v) is 3.08. The first-order chi connectivity index (χ1) is 10.3. The summed E-state index contributed by atoms with van der Waals surface area (Å²) >= 11 is 1.43. The van der Waals surface area contributed by atoms with Gasteiger partial charge in [-0.2, -0.15) is 5.10 Å². The van der Waals surface area contributed by atoms with E-state index in [-0.39, 0.29) is 11.2 Å². The maximum Gasteiger partial charge on any atom is 0.239 e. The molecule has 1 aliphatic heterocycles. The number of amides is 1. The normalized spacial score (nSPS) is 20.5. The molecule has 1 heterocycles. The summed E-state index contributed by atoms with van der Waals surface area (Å²) in [6.07, 6.45) is 2.52. The van der Waals surface area contributed by atoms with Crippen LogP contribution in [0.1, 0.15) is 18.9 Å². The van der Waals surface area contributed by atoms with E-state index in [1.165, 1.54) is 17.1 Å². The van der Waals surface area contributed by atoms with Crippen LogP contribution in [0.25, 0.3) is 10.8 Å². The minimum absolute atomic E-state index is 0.0154. The van der Waals surface area contributed by atoms with Gasteiger partial charge in [-0.25, -0.2) is 0 Å². The molecule has 4 nitrogen and oxygen atoms in total. The van der Waals surface area contributed by atoms with Gasteiger partial charge in [0.25, 0.3) is 0 Å². The average Bonchev–Trinajstić information content (AvgIpc) is 2.87. The van der Waals surface area contributed by atoms with Gasteiger partial charge in [-0.1, -0.05) is 61.2 Å². The Morgan fingerprint density at radius 3 is 2.86 bits per heavy atom. The lowest BCUT2D eigenvalue weighted by atomic mass is 10.1. The summed E-state index contributed by atoms with van der Waals surface area (Å²) in [5, 5.41) is 13.8. The van der Waals surface area contributed by atoms with E-state index in [1.807, 2.05) is 31.2 Å². The van der Waals surface area contributed by atoms with Crippen molar-refractivity contribution in [3.8, 4) is 0 Å². The fourth-order valence-electron chi connectivity index (χ4n) is 2.23. The van der Waals surface area contributed by atoms with Gasteiger partial charge in [0, 0.05) is 5.56 Å². The van der Waals surface area contributed by atoms with Crippen molar-refractivity contribution in [3.63, 3.8) is 0 Å². The zero-order chi connectivity index (χ0) is 14.7. The van der Waals surface area contributed by atoms with Crippen molar-refractivity contribution in [1.82, 2.24) is 5.32 Å². The number of rotatable bonds is 3. The van der Waals surface area contributed by atoms with E-state index >= 15 is 0 Å². The standard InChI is InChI=1S/C16H15N3OS/c1-2-14-15(20)18-16(21-14)19-17-10-12-8-5-7-11-6-3-4-9-13(11)12/h3-10,14H,2H2,1H3,(H,18,19,20)/t14-/m1/s1. The summed E-state index contributed by atoms with van der Waals surface area (Å²) in [5.41, 5.74) is 1.01. The largest absolute Gasteiger partial charge is 0.303 e. The molecule has 0 aromatic heterocycles. The van der Waals surface area contributed by atoms with E-state index in [4.69, 9.17) is 0 Å². The van der Waals surface area contributed by atoms with Crippen LogP contribution in [0.4, 0.5) is 0 Å². The van der Waals surface area contributed by atoms with Crippen molar-refractivity contribution in [3.05, 3.63) is 48.0 Å². The van der Waals surface area contributed by atoms with E-state index < -0.39 is 0 Å². The summed E-state index contributed by atoms with van der Waals surface area (Å²) in [4.78, 5) is 11.6. The zero-order valence-electron chi connectivity index (χ0n) is 11.6. The third kappa shape index (κ3) is 2.97. The molecule has 0 spiro atoms. The highest BCUT2D eigenvalue weighted by molar-refractivity contribution is 8.15. The topological polar surface area (TPSA) is 53.8 Å². The first-order valence-corrected chi connectivity index (χ1v) is 7.72. The van der Waals surface area contributed by atoms with Crippen molar-refractivity contribution >= 4 is 39.8 Å². The van der Waals surface area contributed by atoms with Crippen molar-refractivity contribution in [2.24, 2.45) is 10.2 Å². The number of thioether (sulfide) groups is 1. The highest BCUT2D eigenvalue weighted by atomic mass is 32.2. The Balaban J connectivity index is 1.81. The molecule has 106 valence electrons. The highest BCUT2D eigenvalue weighted by Crippen LogP contribution is 2.22. The molecular weight excluding hydrogens is 282 g/mol. The lowest BCUT2D eigenvalue weighted by Crippen LogP contribution is -2.24. The van der Waals surface area contributed by atoms with E-state index in [2.05, 4.69) is 33.7 Å². The Hall–Kier alpha value is -2.14. The molecule has 2 aromatic carbocycles. The van der Waals surface area contributed by atoms with Crippen molar-refractivity contribution in [2.75, 3.05) is 0 Å². The maximum atomic E-state index is 11.6. The molecule has 0 unspecified atom stereocenters. The minimum Gasteiger partial charge on any atom is -0.303 e. The molecule has 2 aromatic rings. The molecule has 0 radical (unpaired) electrons. The first kappa shape index (κ1) is 13.8. The SMILES string of the molecule is CC[C@H]1S/C(=N/N=Cc2cccc3ccccc23)NC1=O. The van der Waals surface area contributed by atoms with Crippen molar-refractivity contribution < 1.29 is 4.79 Å². The molecule has 1 fully saturated rings. The van der Waals surface area contributed by atoms with E-state index in [0.29, 0.717) is 5.17 Å². The second-order valence-electron chi connectivity index (χ2n) is 4.72. The molecule has 0 bridgehead atoms. The van der Waals surface area contributed by atoms with Gasteiger partial charge in [0.2, 0.25) is 5.91 Å². The molecule has 0 aliphatic carbocycles. The maximum absolute atomic E-state index is 11.6. The number of nitrogens with zero attached hydrogens (tertiary/aromatic N) is 2. The van der Waals surface area contributed by atoms with Crippen LogP contribution in [0.15, 0.2) is 52.7 Å². The van der Waals surface area contributed by atoms with Gasteiger partial charge in [-0.15, -0.1) is 5.10 Å². The molecule has 0 saturated carbocycles. The van der Waals surface area contributed by atoms with Crippen LogP contribution in [0.2, 0.25) is 0 Å². The number of fused-ring (bicyclic) bond motifs is 1. The minimum atomic E-state index is -0.0449. The van der Waals surface area contributed by atoms with Gasteiger partial charge in [-0.05, 0) is 17.2 Å². The summed E-state index contributed by atoms with van der Waals surface area (Å²) < 4.78 is 0. The van der Waals surface area contributed by atoms with Crippen molar-refractivity contribution in [2.45, 2.75) is 18.6 Å².